The van der Waals surface area contributed by atoms with E-state index in [1.165, 1.54) is 25.7 Å². The zero-order valence-electron chi connectivity index (χ0n) is 11.3. The van der Waals surface area contributed by atoms with E-state index >= 15 is 0 Å². The predicted molar refractivity (Wildman–Crippen MR) is 84.1 cm³/mol. The lowest BCUT2D eigenvalue weighted by Crippen LogP contribution is -2.46. The van der Waals surface area contributed by atoms with Crippen LogP contribution in [-0.2, 0) is 0 Å². The number of rotatable bonds is 4. The summed E-state index contributed by atoms with van der Waals surface area (Å²) in [6, 6.07) is 0. The van der Waals surface area contributed by atoms with E-state index in [2.05, 4.69) is 36.1 Å². The van der Waals surface area contributed by atoms with E-state index in [1.807, 2.05) is 0 Å². The van der Waals surface area contributed by atoms with Crippen LogP contribution in [0.3, 0.4) is 0 Å². The minimum absolute atomic E-state index is 0. The summed E-state index contributed by atoms with van der Waals surface area (Å²) in [7, 11) is 2.12. The molecule has 0 saturated heterocycles. The van der Waals surface area contributed by atoms with Gasteiger partial charge in [-0.2, -0.15) is 0 Å². The minimum Gasteiger partial charge on any atom is -0.356 e. The van der Waals surface area contributed by atoms with Crippen LogP contribution < -0.4 is 5.32 Å². The van der Waals surface area contributed by atoms with Crippen molar-refractivity contribution in [2.45, 2.75) is 39.5 Å². The van der Waals surface area contributed by atoms with Crippen LogP contribution in [0.4, 0.5) is 0 Å². The highest BCUT2D eigenvalue weighted by molar-refractivity contribution is 14.0. The molecule has 2 rings (SSSR count). The highest BCUT2D eigenvalue weighted by atomic mass is 127. The number of halogens is 1. The lowest BCUT2D eigenvalue weighted by molar-refractivity contribution is 0.104. The molecule has 0 amide bonds. The summed E-state index contributed by atoms with van der Waals surface area (Å²) in [6.07, 6.45) is 5.57. The molecule has 1 aliphatic carbocycles. The molecule has 0 bridgehead atoms. The van der Waals surface area contributed by atoms with Gasteiger partial charge in [0.2, 0.25) is 0 Å². The Kier molecular flexibility index (Phi) is 5.54. The van der Waals surface area contributed by atoms with Gasteiger partial charge < -0.3 is 10.2 Å². The molecule has 17 heavy (non-hydrogen) atoms. The number of aliphatic imine (C=N–C) groups is 1. The lowest BCUT2D eigenvalue weighted by Gasteiger charge is -2.43. The molecule has 0 radical (unpaired) electrons. The molecule has 0 unspecified atom stereocenters. The van der Waals surface area contributed by atoms with Crippen LogP contribution in [0, 0.1) is 11.3 Å². The van der Waals surface area contributed by atoms with Crippen LogP contribution in [0.15, 0.2) is 4.99 Å². The molecule has 1 fully saturated rings. The van der Waals surface area contributed by atoms with Gasteiger partial charge in [0.25, 0.3) is 0 Å². The molecular weight excluding hydrogens is 325 g/mol. The summed E-state index contributed by atoms with van der Waals surface area (Å²) in [4.78, 5) is 6.71. The molecule has 1 heterocycles. The van der Waals surface area contributed by atoms with Gasteiger partial charge in [-0.3, -0.25) is 4.99 Å². The van der Waals surface area contributed by atoms with E-state index in [1.54, 1.807) is 0 Å². The topological polar surface area (TPSA) is 27.6 Å². The summed E-state index contributed by atoms with van der Waals surface area (Å²) in [6.45, 7) is 7.81. The van der Waals surface area contributed by atoms with Gasteiger partial charge >= 0.3 is 0 Å². The van der Waals surface area contributed by atoms with Gasteiger partial charge in [0.1, 0.15) is 0 Å². The van der Waals surface area contributed by atoms with E-state index in [9.17, 15) is 0 Å². The van der Waals surface area contributed by atoms with E-state index in [4.69, 9.17) is 0 Å². The summed E-state index contributed by atoms with van der Waals surface area (Å²) in [5.74, 6) is 1.92. The average molecular weight is 351 g/mol. The first kappa shape index (κ1) is 15.1. The van der Waals surface area contributed by atoms with Crippen molar-refractivity contribution in [1.29, 1.82) is 0 Å². The van der Waals surface area contributed by atoms with E-state index < -0.39 is 0 Å². The molecule has 1 N–H and O–H groups in total. The molecule has 4 heteroatoms. The molecule has 0 aromatic carbocycles. The fourth-order valence-corrected chi connectivity index (χ4v) is 2.99. The molecule has 0 spiro atoms. The average Bonchev–Trinajstić information content (AvgIpc) is 2.55. The normalized spacial score (nSPS) is 21.9. The number of likely N-dealkylation sites (N-methyl/N-ethyl adjacent to an activating group) is 1. The second-order valence-electron chi connectivity index (χ2n) is 5.93. The number of hydrogen-bond acceptors (Lipinski definition) is 3. The number of guanidine groups is 1. The first-order valence-electron chi connectivity index (χ1n) is 6.61. The molecular formula is C13H26IN3. The summed E-state index contributed by atoms with van der Waals surface area (Å²) < 4.78 is 0. The maximum Gasteiger partial charge on any atom is 0.193 e. The fourth-order valence-electron chi connectivity index (χ4n) is 2.99. The van der Waals surface area contributed by atoms with E-state index in [0.29, 0.717) is 5.41 Å². The van der Waals surface area contributed by atoms with Crippen LogP contribution in [-0.4, -0.2) is 37.5 Å². The third kappa shape index (κ3) is 3.73. The number of hydrogen-bond donors (Lipinski definition) is 1. The lowest BCUT2D eigenvalue weighted by atomic mass is 9.64. The monoisotopic (exact) mass is 351 g/mol. The first-order chi connectivity index (χ1) is 7.61. The molecule has 1 aliphatic heterocycles. The van der Waals surface area contributed by atoms with Crippen molar-refractivity contribution in [3.8, 4) is 0 Å². The predicted octanol–water partition coefficient (Wildman–Crippen LogP) is 2.71. The summed E-state index contributed by atoms with van der Waals surface area (Å²) in [5, 5.41) is 3.56. The quantitative estimate of drug-likeness (QED) is 0.789. The molecule has 0 aromatic heterocycles. The highest BCUT2D eigenvalue weighted by Gasteiger charge is 2.37. The van der Waals surface area contributed by atoms with Crippen molar-refractivity contribution in [2.24, 2.45) is 16.3 Å². The Bertz CT molecular complexity index is 272. The first-order valence-corrected chi connectivity index (χ1v) is 6.61. The van der Waals surface area contributed by atoms with Crippen molar-refractivity contribution < 1.29 is 0 Å². The minimum atomic E-state index is 0. The standard InChI is InChI=1S/C13H25N3.HI/c1-11(2)9-13(5-4-6-13)10-15-12-14-7-8-16(12)3;/h11H,4-10H2,1-3H3,(H,14,15);1H. The molecule has 2 aliphatic rings. The van der Waals surface area contributed by atoms with Crippen molar-refractivity contribution >= 4 is 29.9 Å². The molecule has 1 saturated carbocycles. The Morgan fingerprint density at radius 3 is 2.53 bits per heavy atom. The van der Waals surface area contributed by atoms with Gasteiger partial charge in [0.05, 0.1) is 6.54 Å². The third-order valence-corrected chi connectivity index (χ3v) is 3.94. The van der Waals surface area contributed by atoms with Gasteiger partial charge in [-0.05, 0) is 30.6 Å². The van der Waals surface area contributed by atoms with Crippen molar-refractivity contribution in [3.63, 3.8) is 0 Å². The summed E-state index contributed by atoms with van der Waals surface area (Å²) in [5.41, 5.74) is 0.570. The van der Waals surface area contributed by atoms with Gasteiger partial charge in [-0.15, -0.1) is 24.0 Å². The van der Waals surface area contributed by atoms with Crippen LogP contribution in [0.25, 0.3) is 0 Å². The van der Waals surface area contributed by atoms with Gasteiger partial charge in [0.15, 0.2) is 5.96 Å². The van der Waals surface area contributed by atoms with E-state index in [0.717, 1.165) is 31.5 Å². The molecule has 0 aromatic rings. The molecule has 0 atom stereocenters. The number of nitrogens with zero attached hydrogens (tertiary/aromatic N) is 2. The zero-order chi connectivity index (χ0) is 11.6. The fraction of sp³-hybridized carbons (Fsp3) is 0.923. The van der Waals surface area contributed by atoms with Crippen LogP contribution in [0.1, 0.15) is 39.5 Å². The molecule has 3 nitrogen and oxygen atoms in total. The maximum absolute atomic E-state index is 4.49. The van der Waals surface area contributed by atoms with Gasteiger partial charge in [0, 0.05) is 20.1 Å². The Morgan fingerprint density at radius 1 is 1.41 bits per heavy atom. The Morgan fingerprint density at radius 2 is 2.12 bits per heavy atom. The van der Waals surface area contributed by atoms with E-state index in [-0.39, 0.29) is 24.0 Å². The second kappa shape index (κ2) is 6.25. The van der Waals surface area contributed by atoms with Crippen molar-refractivity contribution in [1.82, 2.24) is 10.2 Å². The third-order valence-electron chi connectivity index (χ3n) is 3.94. The summed E-state index contributed by atoms with van der Waals surface area (Å²) >= 11 is 0. The van der Waals surface area contributed by atoms with Gasteiger partial charge in [-0.25, -0.2) is 0 Å². The zero-order valence-corrected chi connectivity index (χ0v) is 13.7. The molecule has 100 valence electrons. The Hall–Kier alpha value is 0. The largest absolute Gasteiger partial charge is 0.356 e. The van der Waals surface area contributed by atoms with Crippen LogP contribution in [0.5, 0.6) is 0 Å². The smallest absolute Gasteiger partial charge is 0.193 e. The SMILES string of the molecule is CC(C)CC1(CNC2=NCCN2C)CCC1.I. The highest BCUT2D eigenvalue weighted by Crippen LogP contribution is 2.45. The van der Waals surface area contributed by atoms with Crippen LogP contribution in [0.2, 0.25) is 0 Å². The number of nitrogens with one attached hydrogen (secondary N) is 1. The Labute approximate surface area is 122 Å². The Balaban J connectivity index is 0.00000144. The van der Waals surface area contributed by atoms with Crippen molar-refractivity contribution in [3.05, 3.63) is 0 Å². The van der Waals surface area contributed by atoms with Crippen molar-refractivity contribution in [2.75, 3.05) is 26.7 Å². The van der Waals surface area contributed by atoms with Crippen LogP contribution >= 0.6 is 24.0 Å². The maximum atomic E-state index is 4.49. The van der Waals surface area contributed by atoms with Gasteiger partial charge in [-0.1, -0.05) is 20.3 Å². The second-order valence-corrected chi connectivity index (χ2v) is 5.93.